The number of benzene rings is 1. The lowest BCUT2D eigenvalue weighted by molar-refractivity contribution is -0.127. The fraction of sp³-hybridized carbons (Fsp3) is 0.667. The number of hydrogen-bond acceptors (Lipinski definition) is 4. The average Bonchev–Trinajstić information content (AvgIpc) is 2.64. The van der Waals surface area contributed by atoms with Gasteiger partial charge < -0.3 is 20.1 Å². The minimum Gasteiger partial charge on any atom is -0.492 e. The highest BCUT2D eigenvalue weighted by molar-refractivity contribution is 5.78. The Morgan fingerprint density at radius 1 is 1.19 bits per heavy atom. The molecule has 0 spiro atoms. The van der Waals surface area contributed by atoms with Gasteiger partial charge in [-0.2, -0.15) is 0 Å². The van der Waals surface area contributed by atoms with E-state index in [1.165, 1.54) is 0 Å². The highest BCUT2D eigenvalue weighted by atomic mass is 16.5. The summed E-state index contributed by atoms with van der Waals surface area (Å²) >= 11 is 0. The topological polar surface area (TPSA) is 59.6 Å². The van der Waals surface area contributed by atoms with Crippen LogP contribution in [-0.4, -0.2) is 43.9 Å². The van der Waals surface area contributed by atoms with Crippen molar-refractivity contribution >= 4 is 5.91 Å². The first-order valence-corrected chi connectivity index (χ1v) is 9.93. The van der Waals surface area contributed by atoms with E-state index < -0.39 is 0 Å². The molecule has 0 aromatic heterocycles. The van der Waals surface area contributed by atoms with Gasteiger partial charge >= 0.3 is 0 Å². The first-order chi connectivity index (χ1) is 12.6. The van der Waals surface area contributed by atoms with E-state index in [1.807, 2.05) is 30.3 Å². The smallest absolute Gasteiger partial charge is 0.223 e. The van der Waals surface area contributed by atoms with Crippen LogP contribution in [0.3, 0.4) is 0 Å². The van der Waals surface area contributed by atoms with Crippen molar-refractivity contribution in [3.05, 3.63) is 30.3 Å². The molecule has 1 fully saturated rings. The quantitative estimate of drug-likeness (QED) is 0.628. The molecule has 5 heteroatoms. The van der Waals surface area contributed by atoms with Gasteiger partial charge in [-0.3, -0.25) is 4.79 Å². The largest absolute Gasteiger partial charge is 0.492 e. The maximum atomic E-state index is 12.5. The van der Waals surface area contributed by atoms with Gasteiger partial charge in [0.25, 0.3) is 0 Å². The van der Waals surface area contributed by atoms with Crippen molar-refractivity contribution in [1.82, 2.24) is 10.6 Å². The van der Waals surface area contributed by atoms with Crippen LogP contribution in [0.1, 0.15) is 46.5 Å². The number of carbonyl (C=O) groups excluding carboxylic acids is 1. The van der Waals surface area contributed by atoms with E-state index in [0.29, 0.717) is 19.2 Å². The Hall–Kier alpha value is -1.59. The Kier molecular flexibility index (Phi) is 8.92. The van der Waals surface area contributed by atoms with E-state index in [4.69, 9.17) is 9.47 Å². The molecule has 0 aliphatic heterocycles. The third kappa shape index (κ3) is 6.96. The molecule has 1 aromatic carbocycles. The predicted octanol–water partition coefficient (Wildman–Crippen LogP) is 3.14. The van der Waals surface area contributed by atoms with Crippen LogP contribution in [0.5, 0.6) is 5.75 Å². The zero-order valence-electron chi connectivity index (χ0n) is 16.4. The van der Waals surface area contributed by atoms with Crippen molar-refractivity contribution < 1.29 is 14.3 Å². The zero-order valence-corrected chi connectivity index (χ0v) is 16.4. The summed E-state index contributed by atoms with van der Waals surface area (Å²) < 4.78 is 11.6. The van der Waals surface area contributed by atoms with E-state index in [2.05, 4.69) is 31.4 Å². The summed E-state index contributed by atoms with van der Waals surface area (Å²) in [6.45, 7) is 8.21. The third-order valence-electron chi connectivity index (χ3n) is 4.65. The van der Waals surface area contributed by atoms with Crippen LogP contribution in [0, 0.1) is 5.92 Å². The van der Waals surface area contributed by atoms with Crippen LogP contribution in [0.25, 0.3) is 0 Å². The predicted molar refractivity (Wildman–Crippen MR) is 104 cm³/mol. The first-order valence-electron chi connectivity index (χ1n) is 9.93. The van der Waals surface area contributed by atoms with Crippen molar-refractivity contribution in [3.8, 4) is 5.75 Å². The molecule has 146 valence electrons. The summed E-state index contributed by atoms with van der Waals surface area (Å²) in [7, 11) is 0. The van der Waals surface area contributed by atoms with Crippen LogP contribution < -0.4 is 15.4 Å². The number of ether oxygens (including phenoxy) is 2. The number of carbonyl (C=O) groups is 1. The zero-order chi connectivity index (χ0) is 18.8. The molecule has 1 saturated carbocycles. The number of amides is 1. The molecular weight excluding hydrogens is 328 g/mol. The third-order valence-corrected chi connectivity index (χ3v) is 4.65. The van der Waals surface area contributed by atoms with Crippen molar-refractivity contribution in [2.75, 3.05) is 19.8 Å². The Labute approximate surface area is 157 Å². The second-order valence-electron chi connectivity index (χ2n) is 7.30. The number of nitrogens with one attached hydrogen (secondary N) is 2. The molecule has 1 aromatic rings. The molecule has 1 aliphatic rings. The first kappa shape index (κ1) is 20.7. The SMILES string of the molecule is CCCO[C@@H]1CC[C@H](C(=O)NCCOc2ccccc2)C[C@H]1NC(C)C. The molecule has 0 saturated heterocycles. The Balaban J connectivity index is 1.75. The molecule has 3 atom stereocenters. The summed E-state index contributed by atoms with van der Waals surface area (Å²) in [5, 5.41) is 6.61. The molecule has 1 aliphatic carbocycles. The number of rotatable bonds is 10. The minimum atomic E-state index is 0.0458. The second kappa shape index (κ2) is 11.2. The molecule has 1 amide bonds. The fourth-order valence-electron chi connectivity index (χ4n) is 3.46. The molecule has 0 unspecified atom stereocenters. The fourth-order valence-corrected chi connectivity index (χ4v) is 3.46. The molecule has 2 rings (SSSR count). The number of para-hydroxylation sites is 1. The van der Waals surface area contributed by atoms with Crippen LogP contribution in [0.2, 0.25) is 0 Å². The molecule has 0 bridgehead atoms. The minimum absolute atomic E-state index is 0.0458. The lowest BCUT2D eigenvalue weighted by Crippen LogP contribution is -2.50. The molecule has 0 radical (unpaired) electrons. The molecule has 0 heterocycles. The van der Waals surface area contributed by atoms with E-state index in [-0.39, 0.29) is 24.0 Å². The summed E-state index contributed by atoms with van der Waals surface area (Å²) in [4.78, 5) is 12.5. The van der Waals surface area contributed by atoms with E-state index in [0.717, 1.165) is 38.0 Å². The van der Waals surface area contributed by atoms with Gasteiger partial charge in [-0.05, 0) is 37.8 Å². The summed E-state index contributed by atoms with van der Waals surface area (Å²) in [5.41, 5.74) is 0. The van der Waals surface area contributed by atoms with Gasteiger partial charge in [0.05, 0.1) is 12.6 Å². The maximum Gasteiger partial charge on any atom is 0.223 e. The van der Waals surface area contributed by atoms with Gasteiger partial charge in [-0.15, -0.1) is 0 Å². The second-order valence-corrected chi connectivity index (χ2v) is 7.30. The van der Waals surface area contributed by atoms with Crippen molar-refractivity contribution in [3.63, 3.8) is 0 Å². The summed E-state index contributed by atoms with van der Waals surface area (Å²) in [6, 6.07) is 10.3. The van der Waals surface area contributed by atoms with Crippen molar-refractivity contribution in [1.29, 1.82) is 0 Å². The molecule has 5 nitrogen and oxygen atoms in total. The van der Waals surface area contributed by atoms with Gasteiger partial charge in [0.15, 0.2) is 0 Å². The van der Waals surface area contributed by atoms with Gasteiger partial charge in [-0.1, -0.05) is 39.0 Å². The molecular formula is C21H34N2O3. The van der Waals surface area contributed by atoms with Crippen LogP contribution in [0.15, 0.2) is 30.3 Å². The van der Waals surface area contributed by atoms with Gasteiger partial charge in [0.2, 0.25) is 5.91 Å². The Morgan fingerprint density at radius 3 is 2.65 bits per heavy atom. The average molecular weight is 363 g/mol. The summed E-state index contributed by atoms with van der Waals surface area (Å²) in [5.74, 6) is 1.01. The highest BCUT2D eigenvalue weighted by Crippen LogP contribution is 2.27. The Morgan fingerprint density at radius 2 is 1.96 bits per heavy atom. The normalized spacial score (nSPS) is 23.0. The van der Waals surface area contributed by atoms with Gasteiger partial charge in [0.1, 0.15) is 12.4 Å². The van der Waals surface area contributed by atoms with E-state index >= 15 is 0 Å². The number of hydrogen-bond donors (Lipinski definition) is 2. The summed E-state index contributed by atoms with van der Waals surface area (Å²) in [6.07, 6.45) is 3.88. The van der Waals surface area contributed by atoms with Crippen molar-refractivity contribution in [2.45, 2.75) is 64.6 Å². The van der Waals surface area contributed by atoms with E-state index in [1.54, 1.807) is 0 Å². The highest BCUT2D eigenvalue weighted by Gasteiger charge is 2.34. The van der Waals surface area contributed by atoms with Gasteiger partial charge in [-0.25, -0.2) is 0 Å². The Bertz CT molecular complexity index is 521. The standard InChI is InChI=1S/C21H34N2O3/c1-4-13-26-20-11-10-17(15-19(20)23-16(2)3)21(24)22-12-14-25-18-8-6-5-7-9-18/h5-9,16-17,19-20,23H,4,10-15H2,1-3H3,(H,22,24)/t17-,19+,20+/m0/s1. The van der Waals surface area contributed by atoms with Crippen LogP contribution >= 0.6 is 0 Å². The van der Waals surface area contributed by atoms with Crippen LogP contribution in [0.4, 0.5) is 0 Å². The van der Waals surface area contributed by atoms with Crippen molar-refractivity contribution in [2.24, 2.45) is 5.92 Å². The molecule has 2 N–H and O–H groups in total. The van der Waals surface area contributed by atoms with E-state index in [9.17, 15) is 4.79 Å². The lowest BCUT2D eigenvalue weighted by atomic mass is 9.82. The monoisotopic (exact) mass is 362 g/mol. The van der Waals surface area contributed by atoms with Crippen LogP contribution in [-0.2, 0) is 9.53 Å². The van der Waals surface area contributed by atoms with Gasteiger partial charge in [0, 0.05) is 24.6 Å². The lowest BCUT2D eigenvalue weighted by Gasteiger charge is -2.37. The maximum absolute atomic E-state index is 12.5. The molecule has 26 heavy (non-hydrogen) atoms.